The minimum absolute atomic E-state index is 1.22. The largest absolute Gasteiger partial charge is 0.311 e. The Morgan fingerprint density at radius 1 is 0.783 bits per heavy atom. The first-order valence-corrected chi connectivity index (χ1v) is 8.53. The molecular formula is C21H17NS. The normalized spacial score (nSPS) is 11.0. The van der Waals surface area contributed by atoms with E-state index < -0.39 is 0 Å². The smallest absolute Gasteiger partial charge is 0.0922 e. The van der Waals surface area contributed by atoms with Gasteiger partial charge in [0.2, 0.25) is 0 Å². The lowest BCUT2D eigenvalue weighted by Crippen LogP contribution is -1.88. The van der Waals surface area contributed by atoms with Crippen LogP contribution >= 0.6 is 11.8 Å². The zero-order chi connectivity index (χ0) is 15.6. The molecule has 0 aliphatic rings. The number of aryl methyl sites for hydroxylation is 1. The summed E-state index contributed by atoms with van der Waals surface area (Å²) in [4.78, 5) is 1.30. The quantitative estimate of drug-likeness (QED) is 0.444. The lowest BCUT2D eigenvalue weighted by molar-refractivity contribution is 1.05. The molecule has 0 amide bonds. The van der Waals surface area contributed by atoms with E-state index in [0.29, 0.717) is 0 Å². The lowest BCUT2D eigenvalue weighted by Gasteiger charge is -2.09. The summed E-state index contributed by atoms with van der Waals surface area (Å²) in [5.41, 5.74) is 5.07. The van der Waals surface area contributed by atoms with Crippen LogP contribution in [-0.2, 0) is 0 Å². The van der Waals surface area contributed by atoms with Gasteiger partial charge in [-0.25, -0.2) is 0 Å². The van der Waals surface area contributed by atoms with E-state index >= 15 is 0 Å². The summed E-state index contributed by atoms with van der Waals surface area (Å²) in [6, 6.07) is 27.8. The van der Waals surface area contributed by atoms with Crippen molar-refractivity contribution in [1.29, 1.82) is 0 Å². The van der Waals surface area contributed by atoms with Crippen LogP contribution in [0, 0.1) is 6.92 Å². The van der Waals surface area contributed by atoms with E-state index in [-0.39, 0.29) is 0 Å². The Morgan fingerprint density at radius 2 is 1.52 bits per heavy atom. The molecule has 0 radical (unpaired) electrons. The first kappa shape index (κ1) is 14.2. The van der Waals surface area contributed by atoms with Gasteiger partial charge in [-0.05, 0) is 42.3 Å². The van der Waals surface area contributed by atoms with Gasteiger partial charge in [0.1, 0.15) is 0 Å². The number of fused-ring (bicyclic) bond motifs is 1. The Morgan fingerprint density at radius 3 is 2.35 bits per heavy atom. The Kier molecular flexibility index (Phi) is 3.68. The lowest BCUT2D eigenvalue weighted by atomic mass is 10.1. The molecule has 0 spiro atoms. The number of hydrogen-bond acceptors (Lipinski definition) is 1. The van der Waals surface area contributed by atoms with Crippen molar-refractivity contribution in [3.63, 3.8) is 0 Å². The molecule has 2 aromatic heterocycles. The highest BCUT2D eigenvalue weighted by atomic mass is 32.2. The van der Waals surface area contributed by atoms with E-state index in [1.165, 1.54) is 32.1 Å². The second-order valence-corrected chi connectivity index (χ2v) is 6.62. The van der Waals surface area contributed by atoms with Gasteiger partial charge in [0.25, 0.3) is 0 Å². The van der Waals surface area contributed by atoms with Crippen LogP contribution < -0.4 is 0 Å². The first-order valence-electron chi connectivity index (χ1n) is 7.72. The molecule has 4 rings (SSSR count). The van der Waals surface area contributed by atoms with Gasteiger partial charge >= 0.3 is 0 Å². The van der Waals surface area contributed by atoms with E-state index in [1.807, 2.05) is 11.8 Å². The third kappa shape index (κ3) is 2.66. The van der Waals surface area contributed by atoms with Gasteiger partial charge in [-0.1, -0.05) is 66.4 Å². The molecular weight excluding hydrogens is 298 g/mol. The van der Waals surface area contributed by atoms with E-state index in [1.54, 1.807) is 0 Å². The summed E-state index contributed by atoms with van der Waals surface area (Å²) in [6.07, 6.45) is 2.14. The average Bonchev–Trinajstić information content (AvgIpc) is 2.96. The number of benzene rings is 2. The van der Waals surface area contributed by atoms with E-state index in [4.69, 9.17) is 0 Å². The zero-order valence-electron chi connectivity index (χ0n) is 12.9. The van der Waals surface area contributed by atoms with Gasteiger partial charge < -0.3 is 4.40 Å². The molecule has 0 bridgehead atoms. The van der Waals surface area contributed by atoms with Crippen molar-refractivity contribution in [1.82, 2.24) is 4.40 Å². The van der Waals surface area contributed by atoms with Crippen LogP contribution in [0.25, 0.3) is 16.6 Å². The molecule has 2 aromatic carbocycles. The molecule has 2 heteroatoms. The van der Waals surface area contributed by atoms with Crippen molar-refractivity contribution < 1.29 is 0 Å². The van der Waals surface area contributed by atoms with Crippen LogP contribution in [-0.4, -0.2) is 4.40 Å². The number of pyridine rings is 1. The zero-order valence-corrected chi connectivity index (χ0v) is 13.8. The fraction of sp³-hybridized carbons (Fsp3) is 0.0476. The average molecular weight is 315 g/mol. The molecule has 23 heavy (non-hydrogen) atoms. The molecule has 0 N–H and O–H groups in total. The molecule has 1 nitrogen and oxygen atoms in total. The highest BCUT2D eigenvalue weighted by molar-refractivity contribution is 7.99. The third-order valence-electron chi connectivity index (χ3n) is 4.02. The Hall–Kier alpha value is -2.45. The van der Waals surface area contributed by atoms with Crippen molar-refractivity contribution in [3.8, 4) is 11.1 Å². The Balaban J connectivity index is 1.92. The van der Waals surface area contributed by atoms with Crippen molar-refractivity contribution in [3.05, 3.63) is 90.6 Å². The molecule has 0 fully saturated rings. The second kappa shape index (κ2) is 5.98. The Labute approximate surface area is 140 Å². The van der Waals surface area contributed by atoms with E-state index in [0.717, 1.165) is 0 Å². The Bertz CT molecular complexity index is 954. The molecule has 0 aliphatic carbocycles. The molecule has 0 atom stereocenters. The molecule has 2 heterocycles. The molecule has 0 aliphatic heterocycles. The predicted molar refractivity (Wildman–Crippen MR) is 98.1 cm³/mol. The fourth-order valence-electron chi connectivity index (χ4n) is 2.80. The molecule has 0 unspecified atom stereocenters. The van der Waals surface area contributed by atoms with Crippen molar-refractivity contribution in [2.75, 3.05) is 0 Å². The minimum atomic E-state index is 1.22. The van der Waals surface area contributed by atoms with Crippen LogP contribution in [0.4, 0.5) is 0 Å². The van der Waals surface area contributed by atoms with E-state index in [9.17, 15) is 0 Å². The van der Waals surface area contributed by atoms with Crippen LogP contribution in [0.3, 0.4) is 0 Å². The van der Waals surface area contributed by atoms with Gasteiger partial charge in [0.05, 0.1) is 5.03 Å². The van der Waals surface area contributed by atoms with Gasteiger partial charge in [-0.15, -0.1) is 0 Å². The second-order valence-electron chi connectivity index (χ2n) is 5.59. The predicted octanol–water partition coefficient (Wildman–Crippen LogP) is 6.07. The fourth-order valence-corrected chi connectivity index (χ4v) is 3.94. The van der Waals surface area contributed by atoms with Gasteiger partial charge in [0, 0.05) is 22.2 Å². The summed E-state index contributed by atoms with van der Waals surface area (Å²) in [5.74, 6) is 0. The topological polar surface area (TPSA) is 4.41 Å². The van der Waals surface area contributed by atoms with Gasteiger partial charge in [-0.3, -0.25) is 0 Å². The van der Waals surface area contributed by atoms with Gasteiger partial charge in [-0.2, -0.15) is 0 Å². The summed E-state index contributed by atoms with van der Waals surface area (Å²) in [5, 5.41) is 1.26. The molecule has 112 valence electrons. The van der Waals surface area contributed by atoms with Crippen molar-refractivity contribution in [2.45, 2.75) is 16.8 Å². The molecule has 0 saturated heterocycles. The maximum absolute atomic E-state index is 2.28. The summed E-state index contributed by atoms with van der Waals surface area (Å²) in [6.45, 7) is 2.17. The summed E-state index contributed by atoms with van der Waals surface area (Å²) < 4.78 is 2.28. The number of rotatable bonds is 3. The first-order chi connectivity index (χ1) is 11.3. The third-order valence-corrected chi connectivity index (χ3v) is 5.31. The van der Waals surface area contributed by atoms with E-state index in [2.05, 4.69) is 96.4 Å². The number of aromatic nitrogens is 1. The summed E-state index contributed by atoms with van der Waals surface area (Å²) in [7, 11) is 0. The van der Waals surface area contributed by atoms with Crippen LogP contribution in [0.2, 0.25) is 0 Å². The monoisotopic (exact) mass is 315 g/mol. The van der Waals surface area contributed by atoms with Gasteiger partial charge in [0.15, 0.2) is 0 Å². The molecule has 4 aromatic rings. The molecule has 0 saturated carbocycles. The highest BCUT2D eigenvalue weighted by Crippen LogP contribution is 2.39. The number of nitrogens with zero attached hydrogens (tertiary/aromatic N) is 1. The minimum Gasteiger partial charge on any atom is -0.311 e. The SMILES string of the molecule is Cc1ccccc1Sc1c(-c2ccccc2)cc2ccccn12. The van der Waals surface area contributed by atoms with Crippen molar-refractivity contribution >= 4 is 17.3 Å². The van der Waals surface area contributed by atoms with Crippen LogP contribution in [0.1, 0.15) is 5.56 Å². The standard InChI is InChI=1S/C21H17NS/c1-16-9-5-6-13-20(16)23-21-19(17-10-3-2-4-11-17)15-18-12-7-8-14-22(18)21/h2-15H,1H3. The maximum Gasteiger partial charge on any atom is 0.0922 e. The summed E-state index contributed by atoms with van der Waals surface area (Å²) >= 11 is 1.83. The van der Waals surface area contributed by atoms with Crippen LogP contribution in [0.15, 0.2) is 95.0 Å². The maximum atomic E-state index is 2.28. The van der Waals surface area contributed by atoms with Crippen molar-refractivity contribution in [2.24, 2.45) is 0 Å². The van der Waals surface area contributed by atoms with Crippen LogP contribution in [0.5, 0.6) is 0 Å². The highest BCUT2D eigenvalue weighted by Gasteiger charge is 2.13. The number of hydrogen-bond donors (Lipinski definition) is 0.